The SMILES string of the molecule is CCNc1c(C)c(CC)nc2c(F)cc(Br)c(F)c12. The summed E-state index contributed by atoms with van der Waals surface area (Å²) in [6.07, 6.45) is 0.678. The number of nitrogens with one attached hydrogen (secondary N) is 1. The van der Waals surface area contributed by atoms with E-state index in [2.05, 4.69) is 26.2 Å². The van der Waals surface area contributed by atoms with Crippen LogP contribution in [-0.2, 0) is 6.42 Å². The van der Waals surface area contributed by atoms with Crippen molar-refractivity contribution in [3.05, 3.63) is 33.4 Å². The largest absolute Gasteiger partial charge is 0.384 e. The van der Waals surface area contributed by atoms with Gasteiger partial charge in [-0.1, -0.05) is 6.92 Å². The Bertz CT molecular complexity index is 641. The average molecular weight is 329 g/mol. The minimum Gasteiger partial charge on any atom is -0.384 e. The predicted octanol–water partition coefficient (Wildman–Crippen LogP) is 4.58. The van der Waals surface area contributed by atoms with Crippen molar-refractivity contribution in [2.75, 3.05) is 11.9 Å². The van der Waals surface area contributed by atoms with Gasteiger partial charge in [0.05, 0.1) is 15.5 Å². The van der Waals surface area contributed by atoms with Crippen molar-refractivity contribution in [2.24, 2.45) is 0 Å². The Morgan fingerprint density at radius 1 is 1.32 bits per heavy atom. The summed E-state index contributed by atoms with van der Waals surface area (Å²) in [5.41, 5.74) is 2.36. The number of fused-ring (bicyclic) bond motifs is 1. The first kappa shape index (κ1) is 14.2. The molecule has 2 aromatic rings. The molecule has 0 aliphatic heterocycles. The highest BCUT2D eigenvalue weighted by molar-refractivity contribution is 9.10. The Morgan fingerprint density at radius 2 is 2.00 bits per heavy atom. The van der Waals surface area contributed by atoms with Crippen LogP contribution < -0.4 is 5.32 Å². The third-order valence-electron chi connectivity index (χ3n) is 3.14. The van der Waals surface area contributed by atoms with E-state index in [1.807, 2.05) is 20.8 Å². The van der Waals surface area contributed by atoms with E-state index in [1.54, 1.807) is 0 Å². The summed E-state index contributed by atoms with van der Waals surface area (Å²) in [6, 6.07) is 1.12. The second kappa shape index (κ2) is 5.41. The number of aromatic nitrogens is 1. The second-order valence-corrected chi connectivity index (χ2v) is 5.17. The molecule has 0 spiro atoms. The highest BCUT2D eigenvalue weighted by Gasteiger charge is 2.19. The number of pyridine rings is 1. The molecular weight excluding hydrogens is 314 g/mol. The van der Waals surface area contributed by atoms with Crippen LogP contribution in [0.15, 0.2) is 10.5 Å². The predicted molar refractivity (Wildman–Crippen MR) is 77.6 cm³/mol. The molecule has 102 valence electrons. The van der Waals surface area contributed by atoms with Gasteiger partial charge < -0.3 is 5.32 Å². The fraction of sp³-hybridized carbons (Fsp3) is 0.357. The molecule has 0 atom stereocenters. The van der Waals surface area contributed by atoms with Crippen molar-refractivity contribution in [1.82, 2.24) is 4.98 Å². The molecule has 1 N–H and O–H groups in total. The standard InChI is InChI=1S/C14H15BrF2N2/c1-4-10-7(3)13(18-5-2)11-12(17)8(15)6-9(16)14(11)19-10/h6H,4-5H2,1-3H3,(H,18,19). The molecule has 0 amide bonds. The molecule has 0 radical (unpaired) electrons. The van der Waals surface area contributed by atoms with Crippen molar-refractivity contribution < 1.29 is 8.78 Å². The lowest BCUT2D eigenvalue weighted by Gasteiger charge is -2.16. The van der Waals surface area contributed by atoms with Crippen molar-refractivity contribution in [3.63, 3.8) is 0 Å². The third kappa shape index (κ3) is 2.31. The lowest BCUT2D eigenvalue weighted by atomic mass is 10.0. The molecule has 0 aliphatic rings. The molecule has 0 bridgehead atoms. The molecule has 0 aliphatic carbocycles. The molecule has 1 aromatic carbocycles. The maximum atomic E-state index is 14.3. The van der Waals surface area contributed by atoms with Crippen LogP contribution in [0.3, 0.4) is 0 Å². The maximum Gasteiger partial charge on any atom is 0.150 e. The highest BCUT2D eigenvalue weighted by atomic mass is 79.9. The van der Waals surface area contributed by atoms with Gasteiger partial charge in [0.2, 0.25) is 0 Å². The molecule has 19 heavy (non-hydrogen) atoms. The van der Waals surface area contributed by atoms with E-state index >= 15 is 0 Å². The Morgan fingerprint density at radius 3 is 2.58 bits per heavy atom. The number of nitrogens with zero attached hydrogens (tertiary/aromatic N) is 1. The van der Waals surface area contributed by atoms with Crippen LogP contribution in [-0.4, -0.2) is 11.5 Å². The van der Waals surface area contributed by atoms with Gasteiger partial charge in [-0.15, -0.1) is 0 Å². The van der Waals surface area contributed by atoms with E-state index in [4.69, 9.17) is 0 Å². The molecule has 0 unspecified atom stereocenters. The van der Waals surface area contributed by atoms with Gasteiger partial charge in [-0.25, -0.2) is 13.8 Å². The van der Waals surface area contributed by atoms with Crippen molar-refractivity contribution in [1.29, 1.82) is 0 Å². The van der Waals surface area contributed by atoms with E-state index in [9.17, 15) is 8.78 Å². The van der Waals surface area contributed by atoms with E-state index in [0.717, 1.165) is 17.3 Å². The summed E-state index contributed by atoms with van der Waals surface area (Å²) in [6.45, 7) is 6.38. The zero-order valence-corrected chi connectivity index (χ0v) is 12.7. The fourth-order valence-electron chi connectivity index (χ4n) is 2.22. The number of hydrogen-bond donors (Lipinski definition) is 1. The van der Waals surface area contributed by atoms with Crippen LogP contribution in [0.1, 0.15) is 25.1 Å². The zero-order valence-electron chi connectivity index (χ0n) is 11.1. The van der Waals surface area contributed by atoms with E-state index in [0.29, 0.717) is 18.7 Å². The number of anilines is 1. The number of rotatable bonds is 3. The van der Waals surface area contributed by atoms with E-state index < -0.39 is 11.6 Å². The highest BCUT2D eigenvalue weighted by Crippen LogP contribution is 2.35. The number of aryl methyl sites for hydroxylation is 1. The van der Waals surface area contributed by atoms with Crippen molar-refractivity contribution in [3.8, 4) is 0 Å². The van der Waals surface area contributed by atoms with Gasteiger partial charge in [0.25, 0.3) is 0 Å². The molecule has 1 heterocycles. The molecule has 2 nitrogen and oxygen atoms in total. The van der Waals surface area contributed by atoms with Crippen LogP contribution in [0.4, 0.5) is 14.5 Å². The first-order chi connectivity index (χ1) is 9.01. The van der Waals surface area contributed by atoms with Crippen LogP contribution in [0.2, 0.25) is 0 Å². The normalized spacial score (nSPS) is 11.1. The number of benzene rings is 1. The topological polar surface area (TPSA) is 24.9 Å². The van der Waals surface area contributed by atoms with Crippen molar-refractivity contribution >= 4 is 32.5 Å². The summed E-state index contributed by atoms with van der Waals surface area (Å²) in [5.74, 6) is -0.997. The lowest BCUT2D eigenvalue weighted by molar-refractivity contribution is 0.609. The summed E-state index contributed by atoms with van der Waals surface area (Å²) >= 11 is 3.04. The van der Waals surface area contributed by atoms with Crippen LogP contribution in [0, 0.1) is 18.6 Å². The number of halogens is 3. The van der Waals surface area contributed by atoms with E-state index in [-0.39, 0.29) is 15.4 Å². The summed E-state index contributed by atoms with van der Waals surface area (Å²) in [5, 5.41) is 3.33. The molecule has 1 aromatic heterocycles. The van der Waals surface area contributed by atoms with E-state index in [1.165, 1.54) is 0 Å². The monoisotopic (exact) mass is 328 g/mol. The van der Waals surface area contributed by atoms with Gasteiger partial charge in [-0.2, -0.15) is 0 Å². The van der Waals surface area contributed by atoms with Gasteiger partial charge in [0, 0.05) is 12.2 Å². The Balaban J connectivity index is 2.96. The van der Waals surface area contributed by atoms with Gasteiger partial charge in [0.1, 0.15) is 11.3 Å². The van der Waals surface area contributed by atoms with Gasteiger partial charge in [-0.05, 0) is 47.8 Å². The third-order valence-corrected chi connectivity index (χ3v) is 3.72. The first-order valence-electron chi connectivity index (χ1n) is 6.21. The zero-order chi connectivity index (χ0) is 14.2. The molecular formula is C14H15BrF2N2. The number of hydrogen-bond acceptors (Lipinski definition) is 2. The summed E-state index contributed by atoms with van der Waals surface area (Å²) < 4.78 is 28.4. The Hall–Kier alpha value is -1.23. The molecule has 0 saturated carbocycles. The lowest BCUT2D eigenvalue weighted by Crippen LogP contribution is -2.06. The molecule has 0 saturated heterocycles. The van der Waals surface area contributed by atoms with Gasteiger partial charge in [-0.3, -0.25) is 0 Å². The van der Waals surface area contributed by atoms with Crippen molar-refractivity contribution in [2.45, 2.75) is 27.2 Å². The molecule has 2 rings (SSSR count). The minimum atomic E-state index is -0.517. The second-order valence-electron chi connectivity index (χ2n) is 4.32. The quantitative estimate of drug-likeness (QED) is 0.834. The van der Waals surface area contributed by atoms with Crippen LogP contribution in [0.5, 0.6) is 0 Å². The Kier molecular flexibility index (Phi) is 4.04. The summed E-state index contributed by atoms with van der Waals surface area (Å²) in [4.78, 5) is 4.26. The fourth-order valence-corrected chi connectivity index (χ4v) is 2.62. The van der Waals surface area contributed by atoms with Crippen LogP contribution >= 0.6 is 15.9 Å². The summed E-state index contributed by atoms with van der Waals surface area (Å²) in [7, 11) is 0. The Labute approximate surface area is 119 Å². The minimum absolute atomic E-state index is 0.0825. The van der Waals surface area contributed by atoms with Gasteiger partial charge >= 0.3 is 0 Å². The average Bonchev–Trinajstić information content (AvgIpc) is 2.38. The smallest absolute Gasteiger partial charge is 0.150 e. The molecule has 0 fully saturated rings. The van der Waals surface area contributed by atoms with Gasteiger partial charge in [0.15, 0.2) is 5.82 Å². The first-order valence-corrected chi connectivity index (χ1v) is 7.01. The maximum absolute atomic E-state index is 14.3. The van der Waals surface area contributed by atoms with Crippen LogP contribution in [0.25, 0.3) is 10.9 Å². The molecule has 5 heteroatoms.